The summed E-state index contributed by atoms with van der Waals surface area (Å²) in [6.45, 7) is 4.26. The maximum Gasteiger partial charge on any atom is 0.0544 e. The van der Waals surface area contributed by atoms with E-state index in [-0.39, 0.29) is 0 Å². The molecule has 1 aromatic heterocycles. The van der Waals surface area contributed by atoms with Crippen LogP contribution in [-0.4, -0.2) is 4.98 Å². The van der Waals surface area contributed by atoms with Crippen LogP contribution in [0, 0.1) is 13.8 Å². The highest BCUT2D eigenvalue weighted by molar-refractivity contribution is 6.11. The molecule has 0 spiro atoms. The Kier molecular flexibility index (Phi) is 4.29. The molecule has 1 nitrogen and oxygen atoms in total. The number of nitrogens with one attached hydrogen (secondary N) is 1. The van der Waals surface area contributed by atoms with Crippen molar-refractivity contribution in [2.24, 2.45) is 0 Å². The van der Waals surface area contributed by atoms with E-state index in [1.807, 2.05) is 0 Å². The van der Waals surface area contributed by atoms with Gasteiger partial charge in [-0.1, -0.05) is 102 Å². The molecule has 1 heterocycles. The summed E-state index contributed by atoms with van der Waals surface area (Å²) >= 11 is 0. The second-order valence-electron chi connectivity index (χ2n) is 7.70. The van der Waals surface area contributed by atoms with E-state index in [4.69, 9.17) is 0 Å². The van der Waals surface area contributed by atoms with E-state index in [0.717, 1.165) is 5.52 Å². The second-order valence-corrected chi connectivity index (χ2v) is 7.70. The zero-order valence-electron chi connectivity index (χ0n) is 16.7. The third-order valence-corrected chi connectivity index (χ3v) is 5.59. The van der Waals surface area contributed by atoms with Gasteiger partial charge in [-0.2, -0.15) is 0 Å². The fraction of sp³-hybridized carbons (Fsp3) is 0.0714. The second kappa shape index (κ2) is 7.10. The molecule has 0 saturated heterocycles. The largest absolute Gasteiger partial charge is 0.354 e. The van der Waals surface area contributed by atoms with Crippen molar-refractivity contribution in [2.45, 2.75) is 13.8 Å². The van der Waals surface area contributed by atoms with Crippen molar-refractivity contribution in [3.8, 4) is 33.5 Å². The van der Waals surface area contributed by atoms with Crippen LogP contribution in [0.25, 0.3) is 44.4 Å². The molecule has 0 aliphatic carbocycles. The molecule has 1 heteroatoms. The van der Waals surface area contributed by atoms with Crippen LogP contribution in [0.2, 0.25) is 0 Å². The van der Waals surface area contributed by atoms with E-state index in [2.05, 4.69) is 116 Å². The van der Waals surface area contributed by atoms with Crippen molar-refractivity contribution >= 4 is 10.9 Å². The predicted molar refractivity (Wildman–Crippen MR) is 124 cm³/mol. The molecular weight excluding hydrogens is 350 g/mol. The molecule has 0 aliphatic rings. The van der Waals surface area contributed by atoms with Crippen molar-refractivity contribution in [3.63, 3.8) is 0 Å². The Morgan fingerprint density at radius 3 is 1.79 bits per heavy atom. The van der Waals surface area contributed by atoms with Gasteiger partial charge >= 0.3 is 0 Å². The van der Waals surface area contributed by atoms with Crippen LogP contribution >= 0.6 is 0 Å². The average molecular weight is 373 g/mol. The highest BCUT2D eigenvalue weighted by atomic mass is 14.7. The van der Waals surface area contributed by atoms with Crippen molar-refractivity contribution in [1.82, 2.24) is 4.98 Å². The molecule has 4 aromatic carbocycles. The van der Waals surface area contributed by atoms with Crippen LogP contribution in [0.3, 0.4) is 0 Å². The van der Waals surface area contributed by atoms with Gasteiger partial charge in [0.05, 0.1) is 5.69 Å². The number of H-pyrrole nitrogens is 1. The van der Waals surface area contributed by atoms with Gasteiger partial charge in [0.15, 0.2) is 0 Å². The average Bonchev–Trinajstić information content (AvgIpc) is 3.15. The van der Waals surface area contributed by atoms with Gasteiger partial charge in [0.1, 0.15) is 0 Å². The van der Waals surface area contributed by atoms with E-state index in [9.17, 15) is 0 Å². The smallest absolute Gasteiger partial charge is 0.0544 e. The van der Waals surface area contributed by atoms with Crippen molar-refractivity contribution in [2.75, 3.05) is 0 Å². The summed E-state index contributed by atoms with van der Waals surface area (Å²) in [4.78, 5) is 3.72. The Labute approximate surface area is 171 Å². The minimum absolute atomic E-state index is 1.16. The molecule has 0 unspecified atom stereocenters. The highest BCUT2D eigenvalue weighted by Gasteiger charge is 2.18. The van der Waals surface area contributed by atoms with Gasteiger partial charge in [0, 0.05) is 16.5 Å². The first kappa shape index (κ1) is 17.5. The number of hydrogen-bond donors (Lipinski definition) is 1. The molecule has 140 valence electrons. The molecule has 0 atom stereocenters. The summed E-state index contributed by atoms with van der Waals surface area (Å²) in [5.74, 6) is 0. The van der Waals surface area contributed by atoms with E-state index >= 15 is 0 Å². The van der Waals surface area contributed by atoms with Crippen LogP contribution in [-0.2, 0) is 0 Å². The van der Waals surface area contributed by atoms with Crippen molar-refractivity contribution < 1.29 is 0 Å². The Balaban J connectivity index is 1.86. The van der Waals surface area contributed by atoms with Gasteiger partial charge < -0.3 is 4.98 Å². The van der Waals surface area contributed by atoms with Crippen molar-refractivity contribution in [3.05, 3.63) is 108 Å². The summed E-state index contributed by atoms with van der Waals surface area (Å²) in [6.07, 6.45) is 0. The monoisotopic (exact) mass is 373 g/mol. The standard InChI is InChI=1S/C28H23N/c1-19-11-15-21(16-12-19)24-9-6-10-25-27(24)26(22-17-13-20(2)14-18-22)28(29-25)23-7-4-3-5-8-23/h3-18,29H,1-2H3. The maximum atomic E-state index is 3.72. The first-order valence-corrected chi connectivity index (χ1v) is 10.0. The lowest BCUT2D eigenvalue weighted by atomic mass is 9.92. The van der Waals surface area contributed by atoms with Gasteiger partial charge in [-0.05, 0) is 42.2 Å². The molecule has 29 heavy (non-hydrogen) atoms. The van der Waals surface area contributed by atoms with Gasteiger partial charge in [-0.25, -0.2) is 0 Å². The zero-order valence-corrected chi connectivity index (χ0v) is 16.7. The molecule has 5 aromatic rings. The van der Waals surface area contributed by atoms with E-state index in [1.165, 1.54) is 50.0 Å². The Morgan fingerprint density at radius 1 is 0.517 bits per heavy atom. The van der Waals surface area contributed by atoms with Crippen LogP contribution in [0.5, 0.6) is 0 Å². The molecule has 0 saturated carbocycles. The maximum absolute atomic E-state index is 3.72. The minimum atomic E-state index is 1.16. The Bertz CT molecular complexity index is 1270. The summed E-state index contributed by atoms with van der Waals surface area (Å²) in [7, 11) is 0. The van der Waals surface area contributed by atoms with Crippen LogP contribution in [0.1, 0.15) is 11.1 Å². The molecule has 0 radical (unpaired) electrons. The Morgan fingerprint density at radius 2 is 1.14 bits per heavy atom. The number of aromatic nitrogens is 1. The molecule has 0 bridgehead atoms. The van der Waals surface area contributed by atoms with Crippen LogP contribution < -0.4 is 0 Å². The third kappa shape index (κ3) is 3.15. The zero-order chi connectivity index (χ0) is 19.8. The lowest BCUT2D eigenvalue weighted by Gasteiger charge is -2.10. The number of hydrogen-bond acceptors (Lipinski definition) is 0. The lowest BCUT2D eigenvalue weighted by Crippen LogP contribution is -1.85. The summed E-state index contributed by atoms with van der Waals surface area (Å²) in [6, 6.07) is 34.8. The number of aryl methyl sites for hydroxylation is 2. The van der Waals surface area contributed by atoms with Gasteiger partial charge in [0.2, 0.25) is 0 Å². The van der Waals surface area contributed by atoms with E-state index < -0.39 is 0 Å². The molecule has 0 amide bonds. The first-order chi connectivity index (χ1) is 14.2. The van der Waals surface area contributed by atoms with Crippen LogP contribution in [0.4, 0.5) is 0 Å². The first-order valence-electron chi connectivity index (χ1n) is 10.0. The Hall–Kier alpha value is -3.58. The summed E-state index contributed by atoms with van der Waals surface area (Å²) < 4.78 is 0. The van der Waals surface area contributed by atoms with E-state index in [1.54, 1.807) is 0 Å². The normalized spacial score (nSPS) is 11.1. The topological polar surface area (TPSA) is 15.8 Å². The fourth-order valence-corrected chi connectivity index (χ4v) is 4.05. The fourth-order valence-electron chi connectivity index (χ4n) is 4.05. The highest BCUT2D eigenvalue weighted by Crippen LogP contribution is 2.42. The third-order valence-electron chi connectivity index (χ3n) is 5.59. The van der Waals surface area contributed by atoms with Gasteiger partial charge in [-0.3, -0.25) is 0 Å². The number of fused-ring (bicyclic) bond motifs is 1. The van der Waals surface area contributed by atoms with Gasteiger partial charge in [-0.15, -0.1) is 0 Å². The van der Waals surface area contributed by atoms with Crippen LogP contribution in [0.15, 0.2) is 97.1 Å². The SMILES string of the molecule is Cc1ccc(-c2cccc3[nH]c(-c4ccccc4)c(-c4ccc(C)cc4)c23)cc1. The quantitative estimate of drug-likeness (QED) is 0.332. The number of benzene rings is 4. The summed E-state index contributed by atoms with van der Waals surface area (Å²) in [5.41, 5.74) is 11.1. The van der Waals surface area contributed by atoms with E-state index in [0.29, 0.717) is 0 Å². The number of rotatable bonds is 3. The van der Waals surface area contributed by atoms with Gasteiger partial charge in [0.25, 0.3) is 0 Å². The predicted octanol–water partition coefficient (Wildman–Crippen LogP) is 7.79. The molecule has 1 N–H and O–H groups in total. The molecule has 0 fully saturated rings. The molecule has 5 rings (SSSR count). The van der Waals surface area contributed by atoms with Crippen molar-refractivity contribution in [1.29, 1.82) is 0 Å². The number of aromatic amines is 1. The molecular formula is C28H23N. The minimum Gasteiger partial charge on any atom is -0.354 e. The molecule has 0 aliphatic heterocycles. The summed E-state index contributed by atoms with van der Waals surface area (Å²) in [5, 5.41) is 1.28. The lowest BCUT2D eigenvalue weighted by molar-refractivity contribution is 1.44.